The van der Waals surface area contributed by atoms with Crippen molar-refractivity contribution >= 4 is 23.2 Å². The molecule has 0 fully saturated rings. The Morgan fingerprint density at radius 3 is 2.60 bits per heavy atom. The third kappa shape index (κ3) is 4.38. The number of hydrogen-bond acceptors (Lipinski definition) is 3. The Morgan fingerprint density at radius 1 is 1.12 bits per heavy atom. The molecule has 0 aliphatic carbocycles. The highest BCUT2D eigenvalue weighted by Gasteiger charge is 2.15. The van der Waals surface area contributed by atoms with Crippen LogP contribution in [0, 0.1) is 0 Å². The van der Waals surface area contributed by atoms with Gasteiger partial charge in [0.15, 0.2) is 0 Å². The SMILES string of the molecule is CC(C)Oc1ccc(NC(=O)c2ccc3c(c2)CCCC(=O)N3)cc1. The van der Waals surface area contributed by atoms with Crippen molar-refractivity contribution in [2.24, 2.45) is 0 Å². The van der Waals surface area contributed by atoms with Gasteiger partial charge in [0, 0.05) is 23.4 Å². The molecule has 2 aromatic carbocycles. The number of ether oxygens (including phenoxy) is 1. The van der Waals surface area contributed by atoms with Gasteiger partial charge in [-0.15, -0.1) is 0 Å². The van der Waals surface area contributed by atoms with Crippen molar-refractivity contribution in [3.8, 4) is 5.75 Å². The minimum atomic E-state index is -0.170. The lowest BCUT2D eigenvalue weighted by atomic mass is 10.0. The summed E-state index contributed by atoms with van der Waals surface area (Å²) in [6.45, 7) is 3.94. The van der Waals surface area contributed by atoms with Crippen LogP contribution in [0.15, 0.2) is 42.5 Å². The number of aryl methyl sites for hydroxylation is 1. The Bertz CT molecular complexity index is 782. The topological polar surface area (TPSA) is 67.4 Å². The number of carbonyl (C=O) groups excluding carboxylic acids is 2. The van der Waals surface area contributed by atoms with E-state index in [2.05, 4.69) is 10.6 Å². The molecule has 0 unspecified atom stereocenters. The molecule has 0 saturated carbocycles. The second-order valence-electron chi connectivity index (χ2n) is 6.42. The molecule has 25 heavy (non-hydrogen) atoms. The van der Waals surface area contributed by atoms with E-state index in [0.717, 1.165) is 29.8 Å². The Hall–Kier alpha value is -2.82. The highest BCUT2D eigenvalue weighted by atomic mass is 16.5. The molecule has 2 amide bonds. The van der Waals surface area contributed by atoms with Crippen molar-refractivity contribution in [2.75, 3.05) is 10.6 Å². The maximum atomic E-state index is 12.5. The second kappa shape index (κ2) is 7.38. The van der Waals surface area contributed by atoms with E-state index in [-0.39, 0.29) is 17.9 Å². The molecule has 1 aliphatic heterocycles. The molecule has 5 nitrogen and oxygen atoms in total. The number of anilines is 2. The molecule has 2 N–H and O–H groups in total. The van der Waals surface area contributed by atoms with E-state index in [1.54, 1.807) is 12.1 Å². The van der Waals surface area contributed by atoms with Gasteiger partial charge in [0.05, 0.1) is 6.10 Å². The van der Waals surface area contributed by atoms with Crippen LogP contribution < -0.4 is 15.4 Å². The van der Waals surface area contributed by atoms with E-state index >= 15 is 0 Å². The Labute approximate surface area is 147 Å². The maximum Gasteiger partial charge on any atom is 0.255 e. The maximum absolute atomic E-state index is 12.5. The fourth-order valence-corrected chi connectivity index (χ4v) is 2.81. The van der Waals surface area contributed by atoms with E-state index in [1.807, 2.05) is 44.2 Å². The third-order valence-electron chi connectivity index (χ3n) is 3.98. The number of rotatable bonds is 4. The lowest BCUT2D eigenvalue weighted by Gasteiger charge is -2.12. The number of carbonyl (C=O) groups is 2. The van der Waals surface area contributed by atoms with Gasteiger partial charge in [-0.25, -0.2) is 0 Å². The van der Waals surface area contributed by atoms with Gasteiger partial charge in [0.1, 0.15) is 5.75 Å². The van der Waals surface area contributed by atoms with E-state index in [1.165, 1.54) is 0 Å². The van der Waals surface area contributed by atoms with Crippen LogP contribution in [0.1, 0.15) is 42.6 Å². The molecule has 0 radical (unpaired) electrons. The zero-order chi connectivity index (χ0) is 17.8. The van der Waals surface area contributed by atoms with Crippen molar-refractivity contribution in [3.05, 3.63) is 53.6 Å². The molecule has 2 aromatic rings. The number of hydrogen-bond donors (Lipinski definition) is 2. The van der Waals surface area contributed by atoms with Crippen LogP contribution in [0.3, 0.4) is 0 Å². The number of amides is 2. The molecule has 5 heteroatoms. The first-order valence-electron chi connectivity index (χ1n) is 8.52. The molecule has 3 rings (SSSR count). The zero-order valence-electron chi connectivity index (χ0n) is 14.5. The monoisotopic (exact) mass is 338 g/mol. The van der Waals surface area contributed by atoms with Crippen LogP contribution in [0.25, 0.3) is 0 Å². The van der Waals surface area contributed by atoms with Crippen molar-refractivity contribution < 1.29 is 14.3 Å². The Kier molecular flexibility index (Phi) is 5.03. The normalized spacial score (nSPS) is 13.6. The molecule has 130 valence electrons. The second-order valence-corrected chi connectivity index (χ2v) is 6.42. The van der Waals surface area contributed by atoms with Crippen molar-refractivity contribution in [1.82, 2.24) is 0 Å². The molecule has 0 saturated heterocycles. The smallest absolute Gasteiger partial charge is 0.255 e. The number of nitrogens with one attached hydrogen (secondary N) is 2. The molecular weight excluding hydrogens is 316 g/mol. The lowest BCUT2D eigenvalue weighted by Crippen LogP contribution is -2.13. The molecule has 0 atom stereocenters. The van der Waals surface area contributed by atoms with Crippen LogP contribution in [-0.2, 0) is 11.2 Å². The Morgan fingerprint density at radius 2 is 1.88 bits per heavy atom. The molecule has 0 bridgehead atoms. The standard InChI is InChI=1S/C20H22N2O3/c1-13(2)25-17-9-7-16(8-10-17)21-20(24)15-6-11-18-14(12-15)4-3-5-19(23)22-18/h6-13H,3-5H2,1-2H3,(H,21,24)(H,22,23). The summed E-state index contributed by atoms with van der Waals surface area (Å²) in [5.74, 6) is 0.629. The average Bonchev–Trinajstić information content (AvgIpc) is 2.76. The van der Waals surface area contributed by atoms with Gasteiger partial charge in [-0.2, -0.15) is 0 Å². The van der Waals surface area contributed by atoms with Crippen LogP contribution in [-0.4, -0.2) is 17.9 Å². The van der Waals surface area contributed by atoms with Gasteiger partial charge in [0.2, 0.25) is 5.91 Å². The molecular formula is C20H22N2O3. The van der Waals surface area contributed by atoms with E-state index in [4.69, 9.17) is 4.74 Å². The lowest BCUT2D eigenvalue weighted by molar-refractivity contribution is -0.116. The summed E-state index contributed by atoms with van der Waals surface area (Å²) >= 11 is 0. The first-order chi connectivity index (χ1) is 12.0. The fraction of sp³-hybridized carbons (Fsp3) is 0.300. The van der Waals surface area contributed by atoms with Crippen molar-refractivity contribution in [2.45, 2.75) is 39.2 Å². The fourth-order valence-electron chi connectivity index (χ4n) is 2.81. The van der Waals surface area contributed by atoms with Gasteiger partial charge in [-0.3, -0.25) is 9.59 Å². The Balaban J connectivity index is 1.71. The predicted molar refractivity (Wildman–Crippen MR) is 98.2 cm³/mol. The summed E-state index contributed by atoms with van der Waals surface area (Å²) < 4.78 is 5.59. The summed E-state index contributed by atoms with van der Waals surface area (Å²) in [5, 5.41) is 5.76. The highest BCUT2D eigenvalue weighted by molar-refractivity contribution is 6.05. The number of fused-ring (bicyclic) bond motifs is 1. The van der Waals surface area contributed by atoms with Gasteiger partial charge in [0.25, 0.3) is 5.91 Å². The van der Waals surface area contributed by atoms with E-state index < -0.39 is 0 Å². The summed E-state index contributed by atoms with van der Waals surface area (Å²) in [7, 11) is 0. The molecule has 0 spiro atoms. The summed E-state index contributed by atoms with van der Waals surface area (Å²) in [4.78, 5) is 24.1. The first-order valence-corrected chi connectivity index (χ1v) is 8.52. The van der Waals surface area contributed by atoms with E-state index in [9.17, 15) is 9.59 Å². The minimum Gasteiger partial charge on any atom is -0.491 e. The zero-order valence-corrected chi connectivity index (χ0v) is 14.5. The number of benzene rings is 2. The van der Waals surface area contributed by atoms with Crippen LogP contribution in [0.4, 0.5) is 11.4 Å². The summed E-state index contributed by atoms with van der Waals surface area (Å²) in [5.41, 5.74) is 3.09. The van der Waals surface area contributed by atoms with Crippen molar-refractivity contribution in [3.63, 3.8) is 0 Å². The molecule has 0 aromatic heterocycles. The molecule has 1 heterocycles. The summed E-state index contributed by atoms with van der Waals surface area (Å²) in [6.07, 6.45) is 2.21. The van der Waals surface area contributed by atoms with Crippen LogP contribution in [0.2, 0.25) is 0 Å². The first kappa shape index (κ1) is 17.0. The van der Waals surface area contributed by atoms with Crippen LogP contribution >= 0.6 is 0 Å². The van der Waals surface area contributed by atoms with Crippen LogP contribution in [0.5, 0.6) is 5.75 Å². The largest absolute Gasteiger partial charge is 0.491 e. The average molecular weight is 338 g/mol. The quantitative estimate of drug-likeness (QED) is 0.885. The van der Waals surface area contributed by atoms with Crippen molar-refractivity contribution in [1.29, 1.82) is 0 Å². The summed E-state index contributed by atoms with van der Waals surface area (Å²) in [6, 6.07) is 12.7. The van der Waals surface area contributed by atoms with E-state index in [0.29, 0.717) is 17.7 Å². The minimum absolute atomic E-state index is 0.0275. The van der Waals surface area contributed by atoms with Gasteiger partial charge < -0.3 is 15.4 Å². The molecule has 1 aliphatic rings. The van der Waals surface area contributed by atoms with Gasteiger partial charge in [-0.05, 0) is 74.7 Å². The van der Waals surface area contributed by atoms with Gasteiger partial charge in [-0.1, -0.05) is 0 Å². The predicted octanol–water partition coefficient (Wildman–Crippen LogP) is 4.00. The highest BCUT2D eigenvalue weighted by Crippen LogP contribution is 2.24. The third-order valence-corrected chi connectivity index (χ3v) is 3.98. The van der Waals surface area contributed by atoms with Gasteiger partial charge >= 0.3 is 0 Å².